The molecule has 1 aliphatic carbocycles. The van der Waals surface area contributed by atoms with Gasteiger partial charge < -0.3 is 9.53 Å². The van der Waals surface area contributed by atoms with Crippen molar-refractivity contribution in [2.75, 3.05) is 6.61 Å². The van der Waals surface area contributed by atoms with Gasteiger partial charge in [0.05, 0.1) is 18.4 Å². The number of alkyl halides is 3. The summed E-state index contributed by atoms with van der Waals surface area (Å²) in [7, 11) is 0. The fraction of sp³-hybridized carbons (Fsp3) is 0.846. The number of halogens is 3. The summed E-state index contributed by atoms with van der Waals surface area (Å²) in [6, 6.07) is 0. The average Bonchev–Trinajstić information content (AvgIpc) is 2.33. The molecule has 2 unspecified atom stereocenters. The summed E-state index contributed by atoms with van der Waals surface area (Å²) in [4.78, 5) is 22.3. The topological polar surface area (TPSA) is 43.4 Å². The van der Waals surface area contributed by atoms with Gasteiger partial charge in [-0.15, -0.1) is 0 Å². The molecule has 110 valence electrons. The van der Waals surface area contributed by atoms with Crippen LogP contribution in [0.25, 0.3) is 0 Å². The second-order valence-corrected chi connectivity index (χ2v) is 5.08. The highest BCUT2D eigenvalue weighted by Crippen LogP contribution is 2.40. The van der Waals surface area contributed by atoms with Crippen LogP contribution in [-0.4, -0.2) is 24.5 Å². The van der Waals surface area contributed by atoms with Gasteiger partial charge in [0.15, 0.2) is 0 Å². The Morgan fingerprint density at radius 3 is 2.53 bits per heavy atom. The summed E-state index contributed by atoms with van der Waals surface area (Å²) in [5.41, 5.74) is 0. The van der Waals surface area contributed by atoms with E-state index in [0.29, 0.717) is 25.7 Å². The van der Waals surface area contributed by atoms with Crippen molar-refractivity contribution in [1.29, 1.82) is 0 Å². The van der Waals surface area contributed by atoms with E-state index in [-0.39, 0.29) is 25.2 Å². The first-order valence-corrected chi connectivity index (χ1v) is 6.53. The lowest BCUT2D eigenvalue weighted by Crippen LogP contribution is -2.32. The van der Waals surface area contributed by atoms with Crippen LogP contribution in [0.15, 0.2) is 0 Å². The Morgan fingerprint density at radius 1 is 1.26 bits per heavy atom. The first-order chi connectivity index (χ1) is 8.80. The van der Waals surface area contributed by atoms with Crippen LogP contribution in [0.5, 0.6) is 0 Å². The molecule has 0 aliphatic heterocycles. The SMILES string of the molecule is CC(=O)CCCOC(=O)C1CCCC(C(F)(F)F)C1. The van der Waals surface area contributed by atoms with Gasteiger partial charge in [0.2, 0.25) is 0 Å². The summed E-state index contributed by atoms with van der Waals surface area (Å²) in [6.07, 6.45) is -2.70. The molecule has 0 amide bonds. The van der Waals surface area contributed by atoms with Gasteiger partial charge in [-0.1, -0.05) is 6.42 Å². The van der Waals surface area contributed by atoms with Gasteiger partial charge in [0.1, 0.15) is 5.78 Å². The molecule has 6 heteroatoms. The minimum atomic E-state index is -4.23. The molecular weight excluding hydrogens is 261 g/mol. The van der Waals surface area contributed by atoms with E-state index in [1.165, 1.54) is 6.92 Å². The minimum absolute atomic E-state index is 0.00542. The zero-order valence-electron chi connectivity index (χ0n) is 11.0. The smallest absolute Gasteiger partial charge is 0.391 e. The van der Waals surface area contributed by atoms with Crippen LogP contribution in [-0.2, 0) is 14.3 Å². The molecule has 0 radical (unpaired) electrons. The number of ether oxygens (including phenoxy) is 1. The maximum Gasteiger partial charge on any atom is 0.391 e. The standard InChI is InChI=1S/C13H19F3O3/c1-9(17)4-3-7-19-12(18)10-5-2-6-11(8-10)13(14,15)16/h10-11H,2-8H2,1H3. The number of hydrogen-bond acceptors (Lipinski definition) is 3. The zero-order chi connectivity index (χ0) is 14.5. The lowest BCUT2D eigenvalue weighted by atomic mass is 9.81. The second-order valence-electron chi connectivity index (χ2n) is 5.08. The number of hydrogen-bond donors (Lipinski definition) is 0. The number of ketones is 1. The Balaban J connectivity index is 2.34. The van der Waals surface area contributed by atoms with E-state index < -0.39 is 24.0 Å². The monoisotopic (exact) mass is 280 g/mol. The van der Waals surface area contributed by atoms with Crippen LogP contribution >= 0.6 is 0 Å². The summed E-state index contributed by atoms with van der Waals surface area (Å²) < 4.78 is 42.7. The minimum Gasteiger partial charge on any atom is -0.465 e. The van der Waals surface area contributed by atoms with Gasteiger partial charge in [-0.05, 0) is 32.6 Å². The first-order valence-electron chi connectivity index (χ1n) is 6.53. The highest BCUT2D eigenvalue weighted by molar-refractivity contribution is 5.75. The second kappa shape index (κ2) is 6.91. The molecule has 3 nitrogen and oxygen atoms in total. The average molecular weight is 280 g/mol. The molecule has 1 saturated carbocycles. The summed E-state index contributed by atoms with van der Waals surface area (Å²) in [5.74, 6) is -2.60. The third-order valence-electron chi connectivity index (χ3n) is 3.39. The van der Waals surface area contributed by atoms with Crippen molar-refractivity contribution < 1.29 is 27.5 Å². The Kier molecular flexibility index (Phi) is 5.82. The van der Waals surface area contributed by atoms with Crippen molar-refractivity contribution in [1.82, 2.24) is 0 Å². The molecule has 1 rings (SSSR count). The van der Waals surface area contributed by atoms with Crippen molar-refractivity contribution in [3.63, 3.8) is 0 Å². The zero-order valence-corrected chi connectivity index (χ0v) is 11.0. The number of esters is 1. The van der Waals surface area contributed by atoms with Crippen LogP contribution in [0.1, 0.15) is 45.4 Å². The van der Waals surface area contributed by atoms with Gasteiger partial charge >= 0.3 is 12.1 Å². The largest absolute Gasteiger partial charge is 0.465 e. The predicted octanol–water partition coefficient (Wildman–Crippen LogP) is 3.27. The lowest BCUT2D eigenvalue weighted by molar-refractivity contribution is -0.189. The Morgan fingerprint density at radius 2 is 1.95 bits per heavy atom. The highest BCUT2D eigenvalue weighted by Gasteiger charge is 2.43. The Labute approximate surface area is 110 Å². The molecule has 0 aromatic carbocycles. The van der Waals surface area contributed by atoms with Gasteiger partial charge in [-0.3, -0.25) is 4.79 Å². The summed E-state index contributed by atoms with van der Waals surface area (Å²) in [5, 5.41) is 0. The van der Waals surface area contributed by atoms with Crippen molar-refractivity contribution in [2.45, 2.75) is 51.6 Å². The molecule has 0 N–H and O–H groups in total. The quantitative estimate of drug-likeness (QED) is 0.573. The van der Waals surface area contributed by atoms with E-state index in [0.717, 1.165) is 0 Å². The summed E-state index contributed by atoms with van der Waals surface area (Å²) in [6.45, 7) is 1.54. The van der Waals surface area contributed by atoms with Crippen LogP contribution in [0, 0.1) is 11.8 Å². The number of Topliss-reactive ketones (excluding diaryl/α,β-unsaturated/α-hetero) is 1. The van der Waals surface area contributed by atoms with Crippen molar-refractivity contribution in [2.24, 2.45) is 11.8 Å². The molecule has 1 fully saturated rings. The molecule has 0 heterocycles. The lowest BCUT2D eigenvalue weighted by Gasteiger charge is -2.29. The first kappa shape index (κ1) is 16.0. The molecule has 0 spiro atoms. The number of carbonyl (C=O) groups excluding carboxylic acids is 2. The molecule has 0 saturated heterocycles. The van der Waals surface area contributed by atoms with Gasteiger partial charge in [-0.25, -0.2) is 0 Å². The number of rotatable bonds is 5. The number of carbonyl (C=O) groups is 2. The molecule has 0 aromatic rings. The normalized spacial score (nSPS) is 24.0. The van der Waals surface area contributed by atoms with E-state index >= 15 is 0 Å². The van der Waals surface area contributed by atoms with Crippen LogP contribution in [0.4, 0.5) is 13.2 Å². The van der Waals surface area contributed by atoms with Gasteiger partial charge in [0, 0.05) is 6.42 Å². The summed E-state index contributed by atoms with van der Waals surface area (Å²) >= 11 is 0. The Bertz CT molecular complexity index is 326. The van der Waals surface area contributed by atoms with E-state index in [4.69, 9.17) is 4.74 Å². The molecule has 19 heavy (non-hydrogen) atoms. The van der Waals surface area contributed by atoms with Crippen LogP contribution in [0.3, 0.4) is 0 Å². The van der Waals surface area contributed by atoms with E-state index in [9.17, 15) is 22.8 Å². The van der Waals surface area contributed by atoms with E-state index in [1.807, 2.05) is 0 Å². The molecule has 1 aliphatic rings. The van der Waals surface area contributed by atoms with Crippen LogP contribution in [0.2, 0.25) is 0 Å². The van der Waals surface area contributed by atoms with E-state index in [1.54, 1.807) is 0 Å². The fourth-order valence-corrected chi connectivity index (χ4v) is 2.31. The Hall–Kier alpha value is -1.07. The molecule has 0 bridgehead atoms. The van der Waals surface area contributed by atoms with Gasteiger partial charge in [-0.2, -0.15) is 13.2 Å². The maximum atomic E-state index is 12.6. The predicted molar refractivity (Wildman–Crippen MR) is 62.4 cm³/mol. The van der Waals surface area contributed by atoms with Crippen molar-refractivity contribution >= 4 is 11.8 Å². The molecular formula is C13H19F3O3. The molecule has 0 aromatic heterocycles. The molecule has 2 atom stereocenters. The highest BCUT2D eigenvalue weighted by atomic mass is 19.4. The van der Waals surface area contributed by atoms with Crippen molar-refractivity contribution in [3.8, 4) is 0 Å². The fourth-order valence-electron chi connectivity index (χ4n) is 2.31. The van der Waals surface area contributed by atoms with Gasteiger partial charge in [0.25, 0.3) is 0 Å². The van der Waals surface area contributed by atoms with Crippen LogP contribution < -0.4 is 0 Å². The third kappa shape index (κ3) is 5.61. The third-order valence-corrected chi connectivity index (χ3v) is 3.39. The maximum absolute atomic E-state index is 12.6. The van der Waals surface area contributed by atoms with Crippen molar-refractivity contribution in [3.05, 3.63) is 0 Å². The van der Waals surface area contributed by atoms with E-state index in [2.05, 4.69) is 0 Å².